The topological polar surface area (TPSA) is 91.4 Å². The molecule has 3 amide bonds. The molecule has 2 heterocycles. The van der Waals surface area contributed by atoms with Gasteiger partial charge in [-0.3, -0.25) is 19.4 Å². The third-order valence-corrected chi connectivity index (χ3v) is 5.02. The Morgan fingerprint density at radius 3 is 2.71 bits per heavy atom. The van der Waals surface area contributed by atoms with Crippen LogP contribution in [0.5, 0.6) is 0 Å². The minimum absolute atomic E-state index is 0.140. The SMILES string of the molecule is O=C(NCc1ccccn1)C(=O)Nc1ccc2c(c1)N(C(=O)C1CC1)CCC2. The maximum atomic E-state index is 12.6. The molecule has 1 aliphatic heterocycles. The second kappa shape index (κ2) is 7.80. The second-order valence-electron chi connectivity index (χ2n) is 7.17. The van der Waals surface area contributed by atoms with E-state index in [9.17, 15) is 14.4 Å². The van der Waals surface area contributed by atoms with E-state index in [4.69, 9.17) is 0 Å². The van der Waals surface area contributed by atoms with Crippen molar-refractivity contribution in [3.63, 3.8) is 0 Å². The van der Waals surface area contributed by atoms with E-state index in [-0.39, 0.29) is 18.4 Å². The maximum Gasteiger partial charge on any atom is 0.313 e. The molecule has 1 aromatic carbocycles. The predicted octanol–water partition coefficient (Wildman–Crippen LogP) is 2.03. The Morgan fingerprint density at radius 1 is 1.11 bits per heavy atom. The molecule has 1 aromatic heterocycles. The summed E-state index contributed by atoms with van der Waals surface area (Å²) in [7, 11) is 0. The molecule has 4 rings (SSSR count). The number of aromatic nitrogens is 1. The van der Waals surface area contributed by atoms with E-state index in [1.807, 2.05) is 17.0 Å². The van der Waals surface area contributed by atoms with Crippen molar-refractivity contribution in [3.05, 3.63) is 53.9 Å². The number of amides is 3. The fraction of sp³-hybridized carbons (Fsp3) is 0.333. The number of benzene rings is 1. The summed E-state index contributed by atoms with van der Waals surface area (Å²) in [5, 5.41) is 5.18. The Labute approximate surface area is 163 Å². The molecular weight excluding hydrogens is 356 g/mol. The van der Waals surface area contributed by atoms with Crippen LogP contribution in [0, 0.1) is 5.92 Å². The van der Waals surface area contributed by atoms with Gasteiger partial charge in [0.2, 0.25) is 5.91 Å². The highest BCUT2D eigenvalue weighted by Gasteiger charge is 2.35. The Kier molecular flexibility index (Phi) is 5.06. The van der Waals surface area contributed by atoms with Gasteiger partial charge < -0.3 is 15.5 Å². The molecule has 28 heavy (non-hydrogen) atoms. The van der Waals surface area contributed by atoms with Crippen molar-refractivity contribution in [2.24, 2.45) is 5.92 Å². The average molecular weight is 378 g/mol. The third-order valence-electron chi connectivity index (χ3n) is 5.02. The zero-order valence-electron chi connectivity index (χ0n) is 15.5. The number of fused-ring (bicyclic) bond motifs is 1. The summed E-state index contributed by atoms with van der Waals surface area (Å²) >= 11 is 0. The van der Waals surface area contributed by atoms with Crippen LogP contribution >= 0.6 is 0 Å². The minimum Gasteiger partial charge on any atom is -0.342 e. The molecule has 0 unspecified atom stereocenters. The van der Waals surface area contributed by atoms with Crippen molar-refractivity contribution >= 4 is 29.1 Å². The Hall–Kier alpha value is -3.22. The van der Waals surface area contributed by atoms with Crippen LogP contribution < -0.4 is 15.5 Å². The van der Waals surface area contributed by atoms with E-state index in [2.05, 4.69) is 15.6 Å². The van der Waals surface area contributed by atoms with Gasteiger partial charge in [0.25, 0.3) is 0 Å². The second-order valence-corrected chi connectivity index (χ2v) is 7.17. The number of carbonyl (C=O) groups is 3. The largest absolute Gasteiger partial charge is 0.342 e. The summed E-state index contributed by atoms with van der Waals surface area (Å²) in [6.07, 6.45) is 5.38. The van der Waals surface area contributed by atoms with Crippen molar-refractivity contribution < 1.29 is 14.4 Å². The Bertz CT molecular complexity index is 909. The number of pyridine rings is 1. The molecule has 0 saturated heterocycles. The van der Waals surface area contributed by atoms with Crippen molar-refractivity contribution in [3.8, 4) is 0 Å². The third kappa shape index (κ3) is 4.03. The first-order chi connectivity index (χ1) is 13.6. The number of hydrogen-bond donors (Lipinski definition) is 2. The van der Waals surface area contributed by atoms with Gasteiger partial charge in [0, 0.05) is 30.0 Å². The van der Waals surface area contributed by atoms with Crippen LogP contribution in [0.4, 0.5) is 11.4 Å². The summed E-state index contributed by atoms with van der Waals surface area (Å²) in [6, 6.07) is 10.9. The van der Waals surface area contributed by atoms with Crippen molar-refractivity contribution in [1.82, 2.24) is 10.3 Å². The first kappa shape index (κ1) is 18.2. The van der Waals surface area contributed by atoms with Gasteiger partial charge in [0.1, 0.15) is 0 Å². The summed E-state index contributed by atoms with van der Waals surface area (Å²) in [6.45, 7) is 0.880. The van der Waals surface area contributed by atoms with Gasteiger partial charge in [-0.2, -0.15) is 0 Å². The number of carbonyl (C=O) groups excluding carboxylic acids is 3. The molecule has 144 valence electrons. The van der Waals surface area contributed by atoms with Crippen LogP contribution in [0.2, 0.25) is 0 Å². The first-order valence-corrected chi connectivity index (χ1v) is 9.55. The zero-order chi connectivity index (χ0) is 19.5. The molecule has 1 saturated carbocycles. The molecule has 2 N–H and O–H groups in total. The Balaban J connectivity index is 1.41. The molecule has 2 aliphatic rings. The molecule has 7 nitrogen and oxygen atoms in total. The molecule has 7 heteroatoms. The highest BCUT2D eigenvalue weighted by Crippen LogP contribution is 2.36. The minimum atomic E-state index is -0.744. The van der Waals surface area contributed by atoms with Gasteiger partial charge in [0.15, 0.2) is 0 Å². The van der Waals surface area contributed by atoms with Gasteiger partial charge >= 0.3 is 11.8 Å². The lowest BCUT2D eigenvalue weighted by molar-refractivity contribution is -0.136. The number of hydrogen-bond acceptors (Lipinski definition) is 4. The van der Waals surface area contributed by atoms with Gasteiger partial charge in [0.05, 0.1) is 12.2 Å². The van der Waals surface area contributed by atoms with Gasteiger partial charge in [-0.1, -0.05) is 12.1 Å². The quantitative estimate of drug-likeness (QED) is 0.797. The summed E-state index contributed by atoms with van der Waals surface area (Å²) in [5.41, 5.74) is 3.12. The van der Waals surface area contributed by atoms with E-state index in [0.29, 0.717) is 17.9 Å². The molecular formula is C21H22N4O3. The smallest absolute Gasteiger partial charge is 0.313 e. The maximum absolute atomic E-state index is 12.6. The number of anilines is 2. The summed E-state index contributed by atoms with van der Waals surface area (Å²) < 4.78 is 0. The molecule has 0 radical (unpaired) electrons. The van der Waals surface area contributed by atoms with Crippen LogP contribution in [-0.4, -0.2) is 29.3 Å². The highest BCUT2D eigenvalue weighted by atomic mass is 16.2. The van der Waals surface area contributed by atoms with E-state index < -0.39 is 11.8 Å². The van der Waals surface area contributed by atoms with Crippen LogP contribution in [-0.2, 0) is 27.3 Å². The standard InChI is InChI=1S/C21H22N4O3/c26-19(23-13-17-5-1-2-10-22-17)20(27)24-16-9-8-14-4-3-11-25(18(14)12-16)21(28)15-6-7-15/h1-2,5,8-10,12,15H,3-4,6-7,11,13H2,(H,23,26)(H,24,27). The van der Waals surface area contributed by atoms with Crippen molar-refractivity contribution in [2.45, 2.75) is 32.2 Å². The van der Waals surface area contributed by atoms with Crippen LogP contribution in [0.25, 0.3) is 0 Å². The number of rotatable bonds is 4. The number of nitrogens with one attached hydrogen (secondary N) is 2. The van der Waals surface area contributed by atoms with Gasteiger partial charge in [-0.25, -0.2) is 0 Å². The zero-order valence-corrected chi connectivity index (χ0v) is 15.5. The van der Waals surface area contributed by atoms with Crippen LogP contribution in [0.3, 0.4) is 0 Å². The lowest BCUT2D eigenvalue weighted by Gasteiger charge is -2.30. The Morgan fingerprint density at radius 2 is 1.96 bits per heavy atom. The molecule has 0 spiro atoms. The van der Waals surface area contributed by atoms with Crippen molar-refractivity contribution in [1.29, 1.82) is 0 Å². The van der Waals surface area contributed by atoms with Crippen LogP contribution in [0.1, 0.15) is 30.5 Å². The molecule has 2 aromatic rings. The predicted molar refractivity (Wildman–Crippen MR) is 105 cm³/mol. The van der Waals surface area contributed by atoms with Crippen LogP contribution in [0.15, 0.2) is 42.6 Å². The molecule has 0 bridgehead atoms. The molecule has 1 aliphatic carbocycles. The van der Waals surface area contributed by atoms with E-state index in [0.717, 1.165) is 36.9 Å². The lowest BCUT2D eigenvalue weighted by Crippen LogP contribution is -2.37. The summed E-state index contributed by atoms with van der Waals surface area (Å²) in [4.78, 5) is 42.8. The monoisotopic (exact) mass is 378 g/mol. The molecule has 0 atom stereocenters. The fourth-order valence-electron chi connectivity index (χ4n) is 3.37. The van der Waals surface area contributed by atoms with Gasteiger partial charge in [-0.15, -0.1) is 0 Å². The van der Waals surface area contributed by atoms with Crippen molar-refractivity contribution in [2.75, 3.05) is 16.8 Å². The number of nitrogens with zero attached hydrogens (tertiary/aromatic N) is 2. The average Bonchev–Trinajstić information content (AvgIpc) is 3.57. The number of aryl methyl sites for hydroxylation is 1. The van der Waals surface area contributed by atoms with E-state index in [1.165, 1.54) is 0 Å². The summed E-state index contributed by atoms with van der Waals surface area (Å²) in [5.74, 6) is -1.17. The normalized spacial score (nSPS) is 15.5. The fourth-order valence-corrected chi connectivity index (χ4v) is 3.37. The van der Waals surface area contributed by atoms with E-state index >= 15 is 0 Å². The van der Waals surface area contributed by atoms with E-state index in [1.54, 1.807) is 30.5 Å². The highest BCUT2D eigenvalue weighted by molar-refractivity contribution is 6.39. The lowest BCUT2D eigenvalue weighted by atomic mass is 10.0. The van der Waals surface area contributed by atoms with Gasteiger partial charge in [-0.05, 0) is 55.5 Å². The molecule has 1 fully saturated rings. The first-order valence-electron chi connectivity index (χ1n) is 9.55.